The third kappa shape index (κ3) is 3.75. The van der Waals surface area contributed by atoms with Crippen LogP contribution in [0.1, 0.15) is 65.2 Å². The second-order valence-electron chi connectivity index (χ2n) is 7.02. The van der Waals surface area contributed by atoms with Gasteiger partial charge in [0.05, 0.1) is 0 Å². The van der Waals surface area contributed by atoms with Crippen LogP contribution in [0.5, 0.6) is 0 Å². The standard InChI is InChI=1S/C17H31NO2/c1-13(2)18(10-5-11-19)17(20)16-9-8-14-6-3-4-7-15(14)12-16/h13-16,19H,3-12H2,1-2H3. The van der Waals surface area contributed by atoms with Crippen molar-refractivity contribution in [2.24, 2.45) is 17.8 Å². The Morgan fingerprint density at radius 1 is 1.15 bits per heavy atom. The number of carbonyl (C=O) groups excluding carboxylic acids is 1. The molecular weight excluding hydrogens is 250 g/mol. The first-order chi connectivity index (χ1) is 9.63. The molecule has 3 unspecified atom stereocenters. The number of fused-ring (bicyclic) bond motifs is 1. The first-order valence-corrected chi connectivity index (χ1v) is 8.54. The van der Waals surface area contributed by atoms with Crippen LogP contribution in [-0.2, 0) is 4.79 Å². The number of aliphatic hydroxyl groups is 1. The molecule has 0 saturated heterocycles. The Morgan fingerprint density at radius 3 is 2.50 bits per heavy atom. The van der Waals surface area contributed by atoms with E-state index in [2.05, 4.69) is 13.8 Å². The normalized spacial score (nSPS) is 30.1. The van der Waals surface area contributed by atoms with Gasteiger partial charge in [0.15, 0.2) is 0 Å². The summed E-state index contributed by atoms with van der Waals surface area (Å²) in [7, 11) is 0. The Balaban J connectivity index is 1.93. The van der Waals surface area contributed by atoms with E-state index in [4.69, 9.17) is 5.11 Å². The highest BCUT2D eigenvalue weighted by Gasteiger charge is 2.36. The van der Waals surface area contributed by atoms with Gasteiger partial charge in [-0.05, 0) is 51.4 Å². The molecule has 0 aromatic rings. The van der Waals surface area contributed by atoms with Crippen molar-refractivity contribution in [1.29, 1.82) is 0 Å². The van der Waals surface area contributed by atoms with Gasteiger partial charge in [0.2, 0.25) is 5.91 Å². The van der Waals surface area contributed by atoms with E-state index < -0.39 is 0 Å². The SMILES string of the molecule is CC(C)N(CCCO)C(=O)C1CCC2CCCCC2C1. The zero-order chi connectivity index (χ0) is 14.5. The lowest BCUT2D eigenvalue weighted by atomic mass is 9.67. The van der Waals surface area contributed by atoms with Crippen LogP contribution in [0.2, 0.25) is 0 Å². The second kappa shape index (κ2) is 7.44. The van der Waals surface area contributed by atoms with Crippen LogP contribution in [0.4, 0.5) is 0 Å². The number of hydrogen-bond acceptors (Lipinski definition) is 2. The van der Waals surface area contributed by atoms with Crippen LogP contribution in [0.3, 0.4) is 0 Å². The zero-order valence-corrected chi connectivity index (χ0v) is 13.2. The minimum absolute atomic E-state index is 0.172. The molecule has 0 aliphatic heterocycles. The molecule has 1 amide bonds. The fourth-order valence-electron chi connectivity index (χ4n) is 4.20. The van der Waals surface area contributed by atoms with Crippen molar-refractivity contribution in [2.75, 3.05) is 13.2 Å². The van der Waals surface area contributed by atoms with Crippen molar-refractivity contribution in [3.8, 4) is 0 Å². The minimum Gasteiger partial charge on any atom is -0.396 e. The number of carbonyl (C=O) groups is 1. The van der Waals surface area contributed by atoms with Gasteiger partial charge in [-0.3, -0.25) is 4.79 Å². The maximum absolute atomic E-state index is 12.8. The van der Waals surface area contributed by atoms with Gasteiger partial charge in [-0.15, -0.1) is 0 Å². The maximum Gasteiger partial charge on any atom is 0.225 e. The fourth-order valence-corrected chi connectivity index (χ4v) is 4.20. The van der Waals surface area contributed by atoms with E-state index >= 15 is 0 Å². The van der Waals surface area contributed by atoms with Gasteiger partial charge in [-0.2, -0.15) is 0 Å². The van der Waals surface area contributed by atoms with Gasteiger partial charge in [-0.25, -0.2) is 0 Å². The average Bonchev–Trinajstić information content (AvgIpc) is 2.46. The number of aliphatic hydroxyl groups excluding tert-OH is 1. The van der Waals surface area contributed by atoms with Crippen LogP contribution in [-0.4, -0.2) is 35.1 Å². The first kappa shape index (κ1) is 15.8. The van der Waals surface area contributed by atoms with E-state index in [0.29, 0.717) is 18.9 Å². The number of hydrogen-bond donors (Lipinski definition) is 1. The number of rotatable bonds is 5. The third-order valence-corrected chi connectivity index (χ3v) is 5.35. The molecule has 0 aromatic carbocycles. The monoisotopic (exact) mass is 281 g/mol. The summed E-state index contributed by atoms with van der Waals surface area (Å²) in [6, 6.07) is 0.248. The van der Waals surface area contributed by atoms with Crippen LogP contribution >= 0.6 is 0 Å². The van der Waals surface area contributed by atoms with Gasteiger partial charge >= 0.3 is 0 Å². The minimum atomic E-state index is 0.172. The molecule has 2 aliphatic rings. The molecule has 3 atom stereocenters. The van der Waals surface area contributed by atoms with Gasteiger partial charge in [-0.1, -0.05) is 25.7 Å². The first-order valence-electron chi connectivity index (χ1n) is 8.54. The molecule has 3 heteroatoms. The smallest absolute Gasteiger partial charge is 0.225 e. The molecule has 3 nitrogen and oxygen atoms in total. The zero-order valence-electron chi connectivity index (χ0n) is 13.2. The lowest BCUT2D eigenvalue weighted by Crippen LogP contribution is -2.44. The molecule has 2 rings (SSSR count). The lowest BCUT2D eigenvalue weighted by molar-refractivity contribution is -0.139. The van der Waals surface area contributed by atoms with Gasteiger partial charge in [0.25, 0.3) is 0 Å². The molecule has 116 valence electrons. The quantitative estimate of drug-likeness (QED) is 0.840. The molecule has 20 heavy (non-hydrogen) atoms. The van der Waals surface area contributed by atoms with E-state index in [1.807, 2.05) is 4.90 Å². The maximum atomic E-state index is 12.8. The van der Waals surface area contributed by atoms with Crippen LogP contribution in [0.15, 0.2) is 0 Å². The van der Waals surface area contributed by atoms with Crippen molar-refractivity contribution in [2.45, 2.75) is 71.3 Å². The highest BCUT2D eigenvalue weighted by atomic mass is 16.3. The van der Waals surface area contributed by atoms with Gasteiger partial charge in [0, 0.05) is 25.1 Å². The Kier molecular flexibility index (Phi) is 5.88. The van der Waals surface area contributed by atoms with Crippen molar-refractivity contribution in [1.82, 2.24) is 4.90 Å². The molecule has 0 spiro atoms. The highest BCUT2D eigenvalue weighted by molar-refractivity contribution is 5.79. The van der Waals surface area contributed by atoms with E-state index in [-0.39, 0.29) is 18.6 Å². The van der Waals surface area contributed by atoms with Crippen LogP contribution in [0.25, 0.3) is 0 Å². The number of amides is 1. The van der Waals surface area contributed by atoms with Crippen LogP contribution < -0.4 is 0 Å². The van der Waals surface area contributed by atoms with Crippen molar-refractivity contribution in [3.63, 3.8) is 0 Å². The predicted molar refractivity (Wildman–Crippen MR) is 81.3 cm³/mol. The average molecular weight is 281 g/mol. The summed E-state index contributed by atoms with van der Waals surface area (Å²) in [5.41, 5.74) is 0. The molecule has 2 saturated carbocycles. The fraction of sp³-hybridized carbons (Fsp3) is 0.941. The largest absolute Gasteiger partial charge is 0.396 e. The van der Waals surface area contributed by atoms with Crippen molar-refractivity contribution < 1.29 is 9.90 Å². The van der Waals surface area contributed by atoms with Crippen molar-refractivity contribution in [3.05, 3.63) is 0 Å². The summed E-state index contributed by atoms with van der Waals surface area (Å²) in [5.74, 6) is 2.30. The molecule has 0 aromatic heterocycles. The molecule has 2 fully saturated rings. The predicted octanol–water partition coefficient (Wildman–Crippen LogP) is 3.21. The van der Waals surface area contributed by atoms with E-state index in [9.17, 15) is 4.79 Å². The highest BCUT2D eigenvalue weighted by Crippen LogP contribution is 2.43. The molecule has 0 heterocycles. The molecule has 1 N–H and O–H groups in total. The van der Waals surface area contributed by atoms with Crippen molar-refractivity contribution >= 4 is 5.91 Å². The molecule has 0 bridgehead atoms. The topological polar surface area (TPSA) is 40.5 Å². The lowest BCUT2D eigenvalue weighted by Gasteiger charge is -2.40. The Bertz CT molecular complexity index is 316. The Morgan fingerprint density at radius 2 is 1.85 bits per heavy atom. The summed E-state index contributed by atoms with van der Waals surface area (Å²) in [5, 5.41) is 9.01. The Hall–Kier alpha value is -0.570. The van der Waals surface area contributed by atoms with Crippen LogP contribution in [0, 0.1) is 17.8 Å². The summed E-state index contributed by atoms with van der Waals surface area (Å²) in [6.45, 7) is 5.05. The molecule has 0 radical (unpaired) electrons. The van der Waals surface area contributed by atoms with Gasteiger partial charge in [0.1, 0.15) is 0 Å². The molecule has 2 aliphatic carbocycles. The summed E-state index contributed by atoms with van der Waals surface area (Å²) < 4.78 is 0. The third-order valence-electron chi connectivity index (χ3n) is 5.35. The summed E-state index contributed by atoms with van der Waals surface area (Å²) in [4.78, 5) is 14.8. The number of nitrogens with zero attached hydrogens (tertiary/aromatic N) is 1. The van der Waals surface area contributed by atoms with E-state index in [1.54, 1.807) is 0 Å². The van der Waals surface area contributed by atoms with E-state index in [1.165, 1.54) is 32.1 Å². The summed E-state index contributed by atoms with van der Waals surface area (Å²) >= 11 is 0. The second-order valence-corrected chi connectivity index (χ2v) is 7.02. The van der Waals surface area contributed by atoms with Gasteiger partial charge < -0.3 is 10.0 Å². The van der Waals surface area contributed by atoms with E-state index in [0.717, 1.165) is 24.7 Å². The molecular formula is C17H31NO2. The Labute approximate surface area is 123 Å². The summed E-state index contributed by atoms with van der Waals surface area (Å²) in [6.07, 6.45) is 9.65.